The first kappa shape index (κ1) is 16.1. The molecule has 0 bridgehead atoms. The number of hydrogen-bond acceptors (Lipinski definition) is 2. The van der Waals surface area contributed by atoms with Crippen LogP contribution in [0.2, 0.25) is 0 Å². The van der Waals surface area contributed by atoms with Gasteiger partial charge in [-0.05, 0) is 31.4 Å². The lowest BCUT2D eigenvalue weighted by molar-refractivity contribution is -0.142. The minimum Gasteiger partial charge on any atom is -0.465 e. The fraction of sp³-hybridized carbons (Fsp3) is 0.400. The van der Waals surface area contributed by atoms with E-state index < -0.39 is 11.3 Å². The molecule has 0 saturated carbocycles. The molecule has 4 heteroatoms. The van der Waals surface area contributed by atoms with Crippen molar-refractivity contribution in [2.24, 2.45) is 0 Å². The molecular formula is C15H18Cl2O2. The highest BCUT2D eigenvalue weighted by Gasteiger charge is 2.18. The van der Waals surface area contributed by atoms with E-state index in [1.165, 1.54) is 5.56 Å². The van der Waals surface area contributed by atoms with Crippen LogP contribution >= 0.6 is 23.2 Å². The number of allylic oxidation sites excluding steroid dienone is 2. The third-order valence-electron chi connectivity index (χ3n) is 2.69. The normalized spacial score (nSPS) is 13.2. The van der Waals surface area contributed by atoms with Gasteiger partial charge in [0.1, 0.15) is 5.38 Å². The van der Waals surface area contributed by atoms with E-state index in [0.29, 0.717) is 18.9 Å². The Labute approximate surface area is 124 Å². The highest BCUT2D eigenvalue weighted by Crippen LogP contribution is 2.23. The van der Waals surface area contributed by atoms with Crippen molar-refractivity contribution >= 4 is 34.7 Å². The van der Waals surface area contributed by atoms with Crippen molar-refractivity contribution < 1.29 is 9.53 Å². The van der Waals surface area contributed by atoms with Gasteiger partial charge in [0, 0.05) is 5.88 Å². The smallest absolute Gasteiger partial charge is 0.324 e. The van der Waals surface area contributed by atoms with Gasteiger partial charge in [-0.25, -0.2) is 0 Å². The Hall–Kier alpha value is -0.990. The van der Waals surface area contributed by atoms with E-state index in [2.05, 4.69) is 0 Å². The fourth-order valence-corrected chi connectivity index (χ4v) is 2.10. The SMILES string of the molecule is CCOC(=O)C(Cl)C/C(=C/CCl)c1ccc(C)cc1. The Morgan fingerprint density at radius 2 is 2.00 bits per heavy atom. The molecule has 2 nitrogen and oxygen atoms in total. The van der Waals surface area contributed by atoms with E-state index >= 15 is 0 Å². The number of benzene rings is 1. The maximum Gasteiger partial charge on any atom is 0.324 e. The van der Waals surface area contributed by atoms with Crippen LogP contribution in [0.3, 0.4) is 0 Å². The van der Waals surface area contributed by atoms with Gasteiger partial charge in [0.05, 0.1) is 6.61 Å². The summed E-state index contributed by atoms with van der Waals surface area (Å²) < 4.78 is 4.91. The Morgan fingerprint density at radius 3 is 2.53 bits per heavy atom. The van der Waals surface area contributed by atoms with Gasteiger partial charge in [0.25, 0.3) is 0 Å². The highest BCUT2D eigenvalue weighted by atomic mass is 35.5. The lowest BCUT2D eigenvalue weighted by Gasteiger charge is -2.12. The first-order chi connectivity index (χ1) is 9.08. The van der Waals surface area contributed by atoms with Crippen molar-refractivity contribution in [2.75, 3.05) is 12.5 Å². The molecule has 1 unspecified atom stereocenters. The van der Waals surface area contributed by atoms with E-state index in [4.69, 9.17) is 27.9 Å². The van der Waals surface area contributed by atoms with Crippen LogP contribution in [0.25, 0.3) is 5.57 Å². The van der Waals surface area contributed by atoms with Gasteiger partial charge in [0.15, 0.2) is 0 Å². The van der Waals surface area contributed by atoms with Crippen molar-refractivity contribution in [1.29, 1.82) is 0 Å². The van der Waals surface area contributed by atoms with Crippen molar-refractivity contribution in [2.45, 2.75) is 25.6 Å². The van der Waals surface area contributed by atoms with Gasteiger partial charge in [-0.1, -0.05) is 35.9 Å². The largest absolute Gasteiger partial charge is 0.465 e. The topological polar surface area (TPSA) is 26.3 Å². The molecule has 1 aromatic rings. The Bertz CT molecular complexity index is 438. The van der Waals surface area contributed by atoms with Crippen LogP contribution in [-0.2, 0) is 9.53 Å². The lowest BCUT2D eigenvalue weighted by Crippen LogP contribution is -2.18. The summed E-state index contributed by atoms with van der Waals surface area (Å²) >= 11 is 11.8. The van der Waals surface area contributed by atoms with Crippen LogP contribution in [0.4, 0.5) is 0 Å². The number of hydrogen-bond donors (Lipinski definition) is 0. The van der Waals surface area contributed by atoms with Crippen molar-refractivity contribution in [1.82, 2.24) is 0 Å². The predicted molar refractivity (Wildman–Crippen MR) is 80.8 cm³/mol. The van der Waals surface area contributed by atoms with E-state index in [1.54, 1.807) is 6.92 Å². The summed E-state index contributed by atoms with van der Waals surface area (Å²) in [5.41, 5.74) is 3.17. The molecule has 104 valence electrons. The number of ether oxygens (including phenoxy) is 1. The van der Waals surface area contributed by atoms with Crippen molar-refractivity contribution in [3.8, 4) is 0 Å². The Kier molecular flexibility index (Phi) is 6.96. The van der Waals surface area contributed by atoms with E-state index in [-0.39, 0.29) is 0 Å². The maximum absolute atomic E-state index is 11.6. The minimum absolute atomic E-state index is 0.334. The predicted octanol–water partition coefficient (Wildman–Crippen LogP) is 4.18. The molecule has 0 aromatic heterocycles. The van der Waals surface area contributed by atoms with E-state index in [1.807, 2.05) is 37.3 Å². The second-order valence-electron chi connectivity index (χ2n) is 4.17. The average Bonchev–Trinajstić information content (AvgIpc) is 2.39. The zero-order valence-electron chi connectivity index (χ0n) is 11.2. The van der Waals surface area contributed by atoms with Crippen molar-refractivity contribution in [3.63, 3.8) is 0 Å². The summed E-state index contributed by atoms with van der Waals surface area (Å²) in [7, 11) is 0. The zero-order chi connectivity index (χ0) is 14.3. The molecule has 0 aliphatic rings. The first-order valence-electron chi connectivity index (χ1n) is 6.21. The molecule has 0 radical (unpaired) electrons. The number of halogens is 2. The molecule has 19 heavy (non-hydrogen) atoms. The van der Waals surface area contributed by atoms with Crippen LogP contribution < -0.4 is 0 Å². The monoisotopic (exact) mass is 300 g/mol. The highest BCUT2D eigenvalue weighted by molar-refractivity contribution is 6.30. The summed E-state index contributed by atoms with van der Waals surface area (Å²) in [5.74, 6) is -0.00733. The minimum atomic E-state index is -0.685. The summed E-state index contributed by atoms with van der Waals surface area (Å²) in [6, 6.07) is 8.04. The fourth-order valence-electron chi connectivity index (χ4n) is 1.69. The summed E-state index contributed by atoms with van der Waals surface area (Å²) in [6.07, 6.45) is 2.29. The quantitative estimate of drug-likeness (QED) is 0.582. The number of rotatable bonds is 6. The van der Waals surface area contributed by atoms with Gasteiger partial charge < -0.3 is 4.74 Å². The molecule has 0 N–H and O–H groups in total. The summed E-state index contributed by atoms with van der Waals surface area (Å²) in [4.78, 5) is 11.6. The maximum atomic E-state index is 11.6. The van der Waals surface area contributed by atoms with Crippen LogP contribution in [0.15, 0.2) is 30.3 Å². The van der Waals surface area contributed by atoms with Crippen molar-refractivity contribution in [3.05, 3.63) is 41.5 Å². The third kappa shape index (κ3) is 5.25. The lowest BCUT2D eigenvalue weighted by atomic mass is 10.00. The first-order valence-corrected chi connectivity index (χ1v) is 7.18. The second kappa shape index (κ2) is 8.23. The molecular weight excluding hydrogens is 283 g/mol. The Morgan fingerprint density at radius 1 is 1.37 bits per heavy atom. The molecule has 0 heterocycles. The van der Waals surface area contributed by atoms with Gasteiger partial charge in [-0.15, -0.1) is 23.2 Å². The van der Waals surface area contributed by atoms with Gasteiger partial charge in [0.2, 0.25) is 0 Å². The van der Waals surface area contributed by atoms with Gasteiger partial charge >= 0.3 is 5.97 Å². The molecule has 0 amide bonds. The standard InChI is InChI=1S/C15H18Cl2O2/c1-3-19-15(18)14(17)10-13(8-9-16)12-6-4-11(2)5-7-12/h4-8,14H,3,9-10H2,1-2H3/b13-8-. The molecule has 1 rings (SSSR count). The molecule has 0 spiro atoms. The summed E-state index contributed by atoms with van der Waals surface area (Å²) in [5, 5.41) is -0.685. The number of carbonyl (C=O) groups excluding carboxylic acids is 1. The molecule has 1 aromatic carbocycles. The van der Waals surface area contributed by atoms with Gasteiger partial charge in [-0.3, -0.25) is 4.79 Å². The molecule has 1 atom stereocenters. The summed E-state index contributed by atoms with van der Waals surface area (Å²) in [6.45, 7) is 4.12. The Balaban J connectivity index is 2.82. The van der Waals surface area contributed by atoms with Crippen LogP contribution in [0.1, 0.15) is 24.5 Å². The molecule has 0 fully saturated rings. The number of esters is 1. The van der Waals surface area contributed by atoms with E-state index in [9.17, 15) is 4.79 Å². The molecule has 0 saturated heterocycles. The number of alkyl halides is 2. The third-order valence-corrected chi connectivity index (χ3v) is 3.17. The van der Waals surface area contributed by atoms with E-state index in [0.717, 1.165) is 11.1 Å². The molecule has 0 aliphatic carbocycles. The van der Waals surface area contributed by atoms with Crippen LogP contribution in [0.5, 0.6) is 0 Å². The number of aryl methyl sites for hydroxylation is 1. The van der Waals surface area contributed by atoms with Crippen LogP contribution in [0, 0.1) is 6.92 Å². The number of carbonyl (C=O) groups is 1. The van der Waals surface area contributed by atoms with Crippen LogP contribution in [-0.4, -0.2) is 23.8 Å². The molecule has 0 aliphatic heterocycles. The second-order valence-corrected chi connectivity index (χ2v) is 5.01. The zero-order valence-corrected chi connectivity index (χ0v) is 12.7. The van der Waals surface area contributed by atoms with Gasteiger partial charge in [-0.2, -0.15) is 0 Å². The average molecular weight is 301 g/mol.